The van der Waals surface area contributed by atoms with Crippen molar-refractivity contribution in [3.63, 3.8) is 0 Å². The van der Waals surface area contributed by atoms with Crippen LogP contribution in [0, 0.1) is 0 Å². The summed E-state index contributed by atoms with van der Waals surface area (Å²) < 4.78 is 5.82. The van der Waals surface area contributed by atoms with Gasteiger partial charge in [-0.2, -0.15) is 5.10 Å². The lowest BCUT2D eigenvalue weighted by atomic mass is 10.1. The van der Waals surface area contributed by atoms with Gasteiger partial charge in [0.15, 0.2) is 0 Å². The molecule has 2 atom stereocenters. The molecule has 2 saturated heterocycles. The highest BCUT2D eigenvalue weighted by molar-refractivity contribution is 5.99. The van der Waals surface area contributed by atoms with Crippen LogP contribution in [0.3, 0.4) is 0 Å². The van der Waals surface area contributed by atoms with E-state index in [2.05, 4.69) is 27.1 Å². The van der Waals surface area contributed by atoms with E-state index in [1.807, 2.05) is 17.0 Å². The Labute approximate surface area is 134 Å². The predicted molar refractivity (Wildman–Crippen MR) is 83.9 cm³/mol. The van der Waals surface area contributed by atoms with Crippen molar-refractivity contribution in [3.05, 3.63) is 36.3 Å². The Morgan fingerprint density at radius 2 is 2.17 bits per heavy atom. The number of likely N-dealkylation sites (N-methyl/N-ethyl adjacent to an activating group) is 1. The Kier molecular flexibility index (Phi) is 3.59. The van der Waals surface area contributed by atoms with Gasteiger partial charge in [0, 0.05) is 37.6 Å². The average molecular weight is 313 g/mol. The van der Waals surface area contributed by atoms with E-state index in [1.54, 1.807) is 18.6 Å². The number of morpholine rings is 1. The number of fused-ring (bicyclic) bond motifs is 1. The van der Waals surface area contributed by atoms with Gasteiger partial charge < -0.3 is 9.64 Å². The lowest BCUT2D eigenvalue weighted by molar-refractivity contribution is -0.0368. The smallest absolute Gasteiger partial charge is 0.257 e. The number of hydrogen-bond donors (Lipinski definition) is 1. The number of nitrogens with zero attached hydrogens (tertiary/aromatic N) is 4. The van der Waals surface area contributed by atoms with Crippen LogP contribution in [0.15, 0.2) is 30.7 Å². The van der Waals surface area contributed by atoms with Gasteiger partial charge in [0.1, 0.15) is 0 Å². The number of amides is 1. The average Bonchev–Trinajstić information content (AvgIpc) is 3.23. The van der Waals surface area contributed by atoms with E-state index in [-0.39, 0.29) is 18.1 Å². The summed E-state index contributed by atoms with van der Waals surface area (Å²) in [5, 5.41) is 6.99. The summed E-state index contributed by atoms with van der Waals surface area (Å²) in [4.78, 5) is 21.1. The number of nitrogens with one attached hydrogen (secondary N) is 1. The van der Waals surface area contributed by atoms with Crippen LogP contribution in [0.2, 0.25) is 0 Å². The van der Waals surface area contributed by atoms with Crippen LogP contribution in [0.4, 0.5) is 0 Å². The predicted octanol–water partition coefficient (Wildman–Crippen LogP) is 0.627. The van der Waals surface area contributed by atoms with Crippen molar-refractivity contribution in [2.75, 3.05) is 33.3 Å². The summed E-state index contributed by atoms with van der Waals surface area (Å²) in [5.74, 6) is -0.00281. The quantitative estimate of drug-likeness (QED) is 0.880. The van der Waals surface area contributed by atoms with Gasteiger partial charge in [0.05, 0.1) is 36.2 Å². The molecule has 0 unspecified atom stereocenters. The first-order valence-corrected chi connectivity index (χ1v) is 7.79. The Bertz CT molecular complexity index is 702. The molecule has 0 spiro atoms. The standard InChI is InChI=1S/C16H19N5O2/c1-20-6-7-23-14-10-21(9-13(14)20)16(22)12-8-18-19-15(12)11-2-4-17-5-3-11/h2-5,8,13-14H,6-7,9-10H2,1H3,(H,18,19)/t13-,14+/m0/s1. The van der Waals surface area contributed by atoms with E-state index in [9.17, 15) is 4.79 Å². The van der Waals surface area contributed by atoms with Gasteiger partial charge >= 0.3 is 0 Å². The van der Waals surface area contributed by atoms with Crippen LogP contribution in [-0.2, 0) is 4.74 Å². The molecule has 2 aromatic rings. The zero-order valence-electron chi connectivity index (χ0n) is 13.0. The number of carbonyl (C=O) groups is 1. The fraction of sp³-hybridized carbons (Fsp3) is 0.438. The Balaban J connectivity index is 1.58. The molecule has 4 heterocycles. The second kappa shape index (κ2) is 5.75. The van der Waals surface area contributed by atoms with Gasteiger partial charge in [-0.1, -0.05) is 0 Å². The second-order valence-electron chi connectivity index (χ2n) is 6.06. The van der Waals surface area contributed by atoms with Crippen molar-refractivity contribution < 1.29 is 9.53 Å². The molecule has 2 fully saturated rings. The van der Waals surface area contributed by atoms with Crippen LogP contribution >= 0.6 is 0 Å². The molecule has 23 heavy (non-hydrogen) atoms. The highest BCUT2D eigenvalue weighted by Gasteiger charge is 2.41. The van der Waals surface area contributed by atoms with Crippen LogP contribution in [0.25, 0.3) is 11.3 Å². The molecule has 0 saturated carbocycles. The molecule has 7 heteroatoms. The molecular weight excluding hydrogens is 294 g/mol. The zero-order valence-corrected chi connectivity index (χ0v) is 13.0. The fourth-order valence-electron chi connectivity index (χ4n) is 3.38. The summed E-state index contributed by atoms with van der Waals surface area (Å²) in [6, 6.07) is 4.01. The molecule has 4 rings (SSSR count). The number of carbonyl (C=O) groups excluding carboxylic acids is 1. The SMILES string of the molecule is CN1CCO[C@@H]2CN(C(=O)c3cn[nH]c3-c3ccncc3)C[C@@H]21. The van der Waals surface area contributed by atoms with Crippen LogP contribution in [0.1, 0.15) is 10.4 Å². The lowest BCUT2D eigenvalue weighted by Gasteiger charge is -2.33. The highest BCUT2D eigenvalue weighted by atomic mass is 16.5. The molecular formula is C16H19N5O2. The van der Waals surface area contributed by atoms with E-state index in [1.165, 1.54) is 0 Å². The number of aromatic amines is 1. The third kappa shape index (κ3) is 2.51. The summed E-state index contributed by atoms with van der Waals surface area (Å²) in [6.45, 7) is 2.97. The fourth-order valence-corrected chi connectivity index (χ4v) is 3.38. The Hall–Kier alpha value is -2.25. The third-order valence-electron chi connectivity index (χ3n) is 4.70. The number of H-pyrrole nitrogens is 1. The van der Waals surface area contributed by atoms with Crippen LogP contribution < -0.4 is 0 Å². The number of pyridine rings is 1. The van der Waals surface area contributed by atoms with Crippen molar-refractivity contribution in [2.45, 2.75) is 12.1 Å². The summed E-state index contributed by atoms with van der Waals surface area (Å²) >= 11 is 0. The van der Waals surface area contributed by atoms with Crippen molar-refractivity contribution >= 4 is 5.91 Å². The topological polar surface area (TPSA) is 74.3 Å². The molecule has 0 aromatic carbocycles. The maximum absolute atomic E-state index is 12.9. The van der Waals surface area contributed by atoms with Crippen molar-refractivity contribution in [1.29, 1.82) is 0 Å². The van der Waals surface area contributed by atoms with Gasteiger partial charge in [-0.15, -0.1) is 0 Å². The van der Waals surface area contributed by atoms with E-state index < -0.39 is 0 Å². The largest absolute Gasteiger partial charge is 0.373 e. The molecule has 0 bridgehead atoms. The third-order valence-corrected chi connectivity index (χ3v) is 4.70. The zero-order chi connectivity index (χ0) is 15.8. The summed E-state index contributed by atoms with van der Waals surface area (Å²) in [7, 11) is 2.09. The van der Waals surface area contributed by atoms with E-state index in [0.717, 1.165) is 24.4 Å². The molecule has 2 aliphatic heterocycles. The first-order chi connectivity index (χ1) is 11.2. The van der Waals surface area contributed by atoms with Crippen molar-refractivity contribution in [3.8, 4) is 11.3 Å². The minimum absolute atomic E-state index is 0.00281. The van der Waals surface area contributed by atoms with Crippen molar-refractivity contribution in [1.82, 2.24) is 25.0 Å². The number of likely N-dealkylation sites (tertiary alicyclic amines) is 1. The van der Waals surface area contributed by atoms with Gasteiger partial charge in [0.25, 0.3) is 5.91 Å². The maximum Gasteiger partial charge on any atom is 0.257 e. The molecule has 120 valence electrons. The first-order valence-electron chi connectivity index (χ1n) is 7.79. The first kappa shape index (κ1) is 14.3. The summed E-state index contributed by atoms with van der Waals surface area (Å²) in [6.07, 6.45) is 5.12. The van der Waals surface area contributed by atoms with Gasteiger partial charge in [-0.25, -0.2) is 0 Å². The van der Waals surface area contributed by atoms with E-state index in [0.29, 0.717) is 18.7 Å². The molecule has 7 nitrogen and oxygen atoms in total. The molecule has 2 aromatic heterocycles. The number of aromatic nitrogens is 3. The maximum atomic E-state index is 12.9. The normalized spacial score (nSPS) is 24.7. The Morgan fingerprint density at radius 1 is 1.35 bits per heavy atom. The minimum atomic E-state index is -0.00281. The summed E-state index contributed by atoms with van der Waals surface area (Å²) in [5.41, 5.74) is 2.24. The van der Waals surface area contributed by atoms with Gasteiger partial charge in [-0.3, -0.25) is 19.8 Å². The highest BCUT2D eigenvalue weighted by Crippen LogP contribution is 2.26. The monoisotopic (exact) mass is 313 g/mol. The van der Waals surface area contributed by atoms with Crippen LogP contribution in [0.5, 0.6) is 0 Å². The molecule has 0 aliphatic carbocycles. The molecule has 0 radical (unpaired) electrons. The number of hydrogen-bond acceptors (Lipinski definition) is 5. The molecule has 1 amide bonds. The van der Waals surface area contributed by atoms with Crippen LogP contribution in [-0.4, -0.2) is 76.3 Å². The lowest BCUT2D eigenvalue weighted by Crippen LogP contribution is -2.48. The van der Waals surface area contributed by atoms with E-state index in [4.69, 9.17) is 4.74 Å². The second-order valence-corrected chi connectivity index (χ2v) is 6.06. The van der Waals surface area contributed by atoms with Crippen molar-refractivity contribution in [2.24, 2.45) is 0 Å². The van der Waals surface area contributed by atoms with E-state index >= 15 is 0 Å². The minimum Gasteiger partial charge on any atom is -0.373 e. The Morgan fingerprint density at radius 3 is 2.96 bits per heavy atom. The van der Waals surface area contributed by atoms with Gasteiger partial charge in [-0.05, 0) is 19.2 Å². The number of rotatable bonds is 2. The number of ether oxygens (including phenoxy) is 1. The molecule has 2 aliphatic rings. The van der Waals surface area contributed by atoms with Gasteiger partial charge in [0.2, 0.25) is 0 Å². The molecule has 1 N–H and O–H groups in total.